The van der Waals surface area contributed by atoms with Crippen LogP contribution in [0, 0.1) is 5.41 Å². The summed E-state index contributed by atoms with van der Waals surface area (Å²) in [7, 11) is 1.71. The van der Waals surface area contributed by atoms with Gasteiger partial charge < -0.3 is 4.74 Å². The highest BCUT2D eigenvalue weighted by molar-refractivity contribution is 5.83. The number of methoxy groups -OCH3 is 1. The van der Waals surface area contributed by atoms with Gasteiger partial charge in [-0.25, -0.2) is 4.98 Å². The summed E-state index contributed by atoms with van der Waals surface area (Å²) in [5.41, 5.74) is 2.63. The topological polar surface area (TPSA) is 57.0 Å². The van der Waals surface area contributed by atoms with Gasteiger partial charge in [0.15, 0.2) is 0 Å². The SMILES string of the molecule is COCC1(C)CCc2nc3cc(-c4ccccn4)ccc3c(=O)n2C1. The van der Waals surface area contributed by atoms with Crippen LogP contribution in [0.25, 0.3) is 22.2 Å². The van der Waals surface area contributed by atoms with Crippen molar-refractivity contribution in [2.24, 2.45) is 5.41 Å². The van der Waals surface area contributed by atoms with Crippen LogP contribution in [0.1, 0.15) is 19.2 Å². The molecule has 4 rings (SSSR count). The summed E-state index contributed by atoms with van der Waals surface area (Å²) < 4.78 is 7.17. The lowest BCUT2D eigenvalue weighted by Gasteiger charge is -2.34. The molecule has 1 aromatic carbocycles. The van der Waals surface area contributed by atoms with Crippen molar-refractivity contribution in [2.45, 2.75) is 26.3 Å². The van der Waals surface area contributed by atoms with Crippen LogP contribution in [0.3, 0.4) is 0 Å². The van der Waals surface area contributed by atoms with E-state index < -0.39 is 0 Å². The number of ether oxygens (including phenoxy) is 1. The molecule has 5 heteroatoms. The number of fused-ring (bicyclic) bond motifs is 2. The van der Waals surface area contributed by atoms with Crippen LogP contribution in [0.4, 0.5) is 0 Å². The van der Waals surface area contributed by atoms with Gasteiger partial charge in [-0.3, -0.25) is 14.3 Å². The fraction of sp³-hybridized carbons (Fsp3) is 0.350. The summed E-state index contributed by atoms with van der Waals surface area (Å²) in [6.45, 7) is 3.47. The smallest absolute Gasteiger partial charge is 0.261 e. The molecule has 1 aliphatic rings. The van der Waals surface area contributed by atoms with E-state index >= 15 is 0 Å². The Morgan fingerprint density at radius 1 is 1.28 bits per heavy atom. The first-order chi connectivity index (χ1) is 12.1. The Bertz CT molecular complexity index is 981. The van der Waals surface area contributed by atoms with Crippen LogP contribution in [0.5, 0.6) is 0 Å². The van der Waals surface area contributed by atoms with Gasteiger partial charge in [0.25, 0.3) is 5.56 Å². The van der Waals surface area contributed by atoms with Crippen molar-refractivity contribution in [3.05, 3.63) is 58.8 Å². The normalized spacial score (nSPS) is 19.8. The van der Waals surface area contributed by atoms with E-state index in [4.69, 9.17) is 9.72 Å². The predicted octanol–water partition coefficient (Wildman–Crippen LogP) is 3.06. The molecular formula is C20H21N3O2. The zero-order valence-corrected chi connectivity index (χ0v) is 14.5. The molecule has 2 aromatic heterocycles. The number of benzene rings is 1. The van der Waals surface area contributed by atoms with E-state index in [-0.39, 0.29) is 11.0 Å². The summed E-state index contributed by atoms with van der Waals surface area (Å²) in [5.74, 6) is 0.865. The van der Waals surface area contributed by atoms with Crippen LogP contribution >= 0.6 is 0 Å². The maximum Gasteiger partial charge on any atom is 0.261 e. The zero-order valence-electron chi connectivity index (χ0n) is 14.5. The molecule has 0 bridgehead atoms. The molecule has 128 valence electrons. The second kappa shape index (κ2) is 6.08. The third-order valence-corrected chi connectivity index (χ3v) is 4.98. The molecule has 25 heavy (non-hydrogen) atoms. The van der Waals surface area contributed by atoms with E-state index in [0.29, 0.717) is 18.5 Å². The van der Waals surface area contributed by atoms with E-state index in [1.54, 1.807) is 13.3 Å². The van der Waals surface area contributed by atoms with Gasteiger partial charge in [-0.2, -0.15) is 0 Å². The van der Waals surface area contributed by atoms with Gasteiger partial charge in [-0.15, -0.1) is 0 Å². The van der Waals surface area contributed by atoms with E-state index in [1.165, 1.54) is 0 Å². The Morgan fingerprint density at radius 2 is 2.16 bits per heavy atom. The Morgan fingerprint density at radius 3 is 2.92 bits per heavy atom. The van der Waals surface area contributed by atoms with Crippen LogP contribution < -0.4 is 5.56 Å². The first-order valence-electron chi connectivity index (χ1n) is 8.53. The van der Waals surface area contributed by atoms with Gasteiger partial charge in [-0.1, -0.05) is 19.1 Å². The van der Waals surface area contributed by atoms with Crippen LogP contribution in [-0.2, 0) is 17.7 Å². The number of hydrogen-bond donors (Lipinski definition) is 0. The summed E-state index contributed by atoms with van der Waals surface area (Å²) >= 11 is 0. The van der Waals surface area contributed by atoms with E-state index in [0.717, 1.165) is 35.4 Å². The Balaban J connectivity index is 1.82. The van der Waals surface area contributed by atoms with Gasteiger partial charge in [0, 0.05) is 37.3 Å². The molecule has 0 fully saturated rings. The van der Waals surface area contributed by atoms with Gasteiger partial charge >= 0.3 is 0 Å². The third-order valence-electron chi connectivity index (χ3n) is 4.98. The van der Waals surface area contributed by atoms with Gasteiger partial charge in [-0.05, 0) is 30.7 Å². The minimum atomic E-state index is -0.0190. The molecule has 0 spiro atoms. The molecule has 1 atom stereocenters. The quantitative estimate of drug-likeness (QED) is 0.738. The average Bonchev–Trinajstić information content (AvgIpc) is 2.63. The van der Waals surface area contributed by atoms with Crippen LogP contribution in [-0.4, -0.2) is 28.3 Å². The lowest BCUT2D eigenvalue weighted by Crippen LogP contribution is -2.40. The van der Waals surface area contributed by atoms with E-state index in [1.807, 2.05) is 41.0 Å². The first kappa shape index (κ1) is 16.0. The zero-order chi connectivity index (χ0) is 17.4. The minimum Gasteiger partial charge on any atom is -0.384 e. The number of hydrogen-bond acceptors (Lipinski definition) is 4. The molecule has 1 aliphatic heterocycles. The maximum atomic E-state index is 13.0. The minimum absolute atomic E-state index is 0.0190. The Hall–Kier alpha value is -2.53. The Labute approximate surface area is 146 Å². The maximum absolute atomic E-state index is 13.0. The first-order valence-corrected chi connectivity index (χ1v) is 8.53. The second-order valence-corrected chi connectivity index (χ2v) is 7.11. The fourth-order valence-corrected chi connectivity index (χ4v) is 3.65. The predicted molar refractivity (Wildman–Crippen MR) is 97.5 cm³/mol. The van der Waals surface area contributed by atoms with Crippen LogP contribution in [0.2, 0.25) is 0 Å². The summed E-state index contributed by atoms with van der Waals surface area (Å²) in [5, 5.41) is 0.657. The molecule has 3 heterocycles. The lowest BCUT2D eigenvalue weighted by molar-refractivity contribution is 0.0610. The van der Waals surface area contributed by atoms with Gasteiger partial charge in [0.1, 0.15) is 5.82 Å². The van der Waals surface area contributed by atoms with Gasteiger partial charge in [0.05, 0.1) is 23.2 Å². The summed E-state index contributed by atoms with van der Waals surface area (Å²) in [6.07, 6.45) is 3.53. The highest BCUT2D eigenvalue weighted by atomic mass is 16.5. The molecule has 0 amide bonds. The number of aromatic nitrogens is 3. The number of rotatable bonds is 3. The molecule has 0 aliphatic carbocycles. The van der Waals surface area contributed by atoms with Crippen molar-refractivity contribution in [1.82, 2.24) is 14.5 Å². The summed E-state index contributed by atoms with van der Waals surface area (Å²) in [4.78, 5) is 22.1. The second-order valence-electron chi connectivity index (χ2n) is 7.11. The highest BCUT2D eigenvalue weighted by Crippen LogP contribution is 2.31. The number of nitrogens with zero attached hydrogens (tertiary/aromatic N) is 3. The largest absolute Gasteiger partial charge is 0.384 e. The van der Waals surface area contributed by atoms with Crippen molar-refractivity contribution in [3.8, 4) is 11.3 Å². The Kier molecular flexibility index (Phi) is 3.88. The molecule has 0 N–H and O–H groups in total. The highest BCUT2D eigenvalue weighted by Gasteiger charge is 2.31. The third kappa shape index (κ3) is 2.85. The van der Waals surface area contributed by atoms with Crippen molar-refractivity contribution in [2.75, 3.05) is 13.7 Å². The molecule has 0 radical (unpaired) electrons. The molecule has 0 saturated carbocycles. The van der Waals surface area contributed by atoms with E-state index in [9.17, 15) is 4.79 Å². The van der Waals surface area contributed by atoms with Crippen molar-refractivity contribution in [3.63, 3.8) is 0 Å². The average molecular weight is 335 g/mol. The monoisotopic (exact) mass is 335 g/mol. The molecular weight excluding hydrogens is 314 g/mol. The van der Waals surface area contributed by atoms with Gasteiger partial charge in [0.2, 0.25) is 0 Å². The van der Waals surface area contributed by atoms with E-state index in [2.05, 4.69) is 11.9 Å². The standard InChI is InChI=1S/C20H21N3O2/c1-20(13-25-2)9-8-18-22-17-11-14(16-5-3-4-10-21-16)6-7-15(17)19(24)23(18)12-20/h3-7,10-11H,8-9,12-13H2,1-2H3. The fourth-order valence-electron chi connectivity index (χ4n) is 3.65. The van der Waals surface area contributed by atoms with Crippen LogP contribution in [0.15, 0.2) is 47.4 Å². The van der Waals surface area contributed by atoms with Crippen molar-refractivity contribution in [1.29, 1.82) is 0 Å². The molecule has 5 nitrogen and oxygen atoms in total. The molecule has 0 saturated heterocycles. The number of aryl methyl sites for hydroxylation is 1. The van der Waals surface area contributed by atoms with Crippen molar-refractivity contribution >= 4 is 10.9 Å². The summed E-state index contributed by atoms with van der Waals surface area (Å²) in [6, 6.07) is 11.6. The lowest BCUT2D eigenvalue weighted by atomic mass is 9.83. The molecule has 1 unspecified atom stereocenters. The number of pyridine rings is 1. The molecule has 3 aromatic rings. The van der Waals surface area contributed by atoms with Crippen molar-refractivity contribution < 1.29 is 4.74 Å².